The summed E-state index contributed by atoms with van der Waals surface area (Å²) in [6, 6.07) is 3.56. The third-order valence-electron chi connectivity index (χ3n) is 4.68. The van der Waals surface area contributed by atoms with E-state index in [2.05, 4.69) is 14.9 Å². The van der Waals surface area contributed by atoms with Gasteiger partial charge in [0.05, 0.1) is 12.6 Å². The number of nitrogens with zero attached hydrogens (tertiary/aromatic N) is 5. The van der Waals surface area contributed by atoms with Crippen molar-refractivity contribution in [1.82, 2.24) is 24.3 Å². The van der Waals surface area contributed by atoms with Crippen molar-refractivity contribution in [3.05, 3.63) is 42.1 Å². The minimum absolute atomic E-state index is 0.0250. The number of rotatable bonds is 2. The zero-order valence-electron chi connectivity index (χ0n) is 13.2. The normalized spacial score (nSPS) is 24.1. The first-order chi connectivity index (χ1) is 11.1. The zero-order valence-corrected chi connectivity index (χ0v) is 13.2. The molecule has 2 aliphatic heterocycles. The van der Waals surface area contributed by atoms with Gasteiger partial charge >= 0.3 is 0 Å². The number of amides is 1. The van der Waals surface area contributed by atoms with E-state index >= 15 is 0 Å². The summed E-state index contributed by atoms with van der Waals surface area (Å²) in [5.74, 6) is 1.42. The van der Waals surface area contributed by atoms with Gasteiger partial charge in [0, 0.05) is 45.8 Å². The van der Waals surface area contributed by atoms with Gasteiger partial charge in [-0.2, -0.15) is 0 Å². The fraction of sp³-hybridized carbons (Fsp3) is 0.438. The Morgan fingerprint density at radius 3 is 2.91 bits per heavy atom. The maximum Gasteiger partial charge on any atom is 0.259 e. The van der Waals surface area contributed by atoms with Crippen LogP contribution in [0.3, 0.4) is 0 Å². The van der Waals surface area contributed by atoms with Crippen LogP contribution in [-0.4, -0.2) is 62.5 Å². The predicted octanol–water partition coefficient (Wildman–Crippen LogP) is 0.532. The van der Waals surface area contributed by atoms with E-state index in [0.29, 0.717) is 11.4 Å². The Morgan fingerprint density at radius 1 is 1.26 bits per heavy atom. The van der Waals surface area contributed by atoms with Crippen molar-refractivity contribution in [2.75, 3.05) is 20.1 Å². The second-order valence-corrected chi connectivity index (χ2v) is 6.14. The molecule has 0 N–H and O–H groups in total. The van der Waals surface area contributed by atoms with Gasteiger partial charge in [-0.3, -0.25) is 9.69 Å². The molecule has 7 nitrogen and oxygen atoms in total. The number of carbonyl (C=O) groups is 1. The molecule has 0 aliphatic carbocycles. The third kappa shape index (κ3) is 2.37. The molecule has 2 atom stereocenters. The molecule has 1 saturated heterocycles. The number of hydrogen-bond donors (Lipinski definition) is 0. The van der Waals surface area contributed by atoms with E-state index < -0.39 is 0 Å². The molecule has 0 spiro atoms. The molecule has 1 amide bonds. The summed E-state index contributed by atoms with van der Waals surface area (Å²) in [5.41, 5.74) is 0.542. The van der Waals surface area contributed by atoms with Crippen molar-refractivity contribution in [2.45, 2.75) is 18.7 Å². The number of likely N-dealkylation sites (tertiary alicyclic amines) is 1. The van der Waals surface area contributed by atoms with Crippen LogP contribution in [0.5, 0.6) is 5.88 Å². The van der Waals surface area contributed by atoms with Crippen LogP contribution in [0.1, 0.15) is 16.2 Å². The number of imidazole rings is 1. The molecule has 2 unspecified atom stereocenters. The van der Waals surface area contributed by atoms with E-state index in [1.54, 1.807) is 29.4 Å². The average Bonchev–Trinajstić information content (AvgIpc) is 3.11. The van der Waals surface area contributed by atoms with Gasteiger partial charge in [-0.1, -0.05) is 0 Å². The molecule has 0 bridgehead atoms. The Balaban J connectivity index is 1.58. The maximum absolute atomic E-state index is 12.6. The van der Waals surface area contributed by atoms with Crippen LogP contribution in [0.2, 0.25) is 0 Å². The lowest BCUT2D eigenvalue weighted by Gasteiger charge is -2.25. The third-order valence-corrected chi connectivity index (χ3v) is 4.68. The molecule has 4 rings (SSSR count). The topological polar surface area (TPSA) is 63.5 Å². The Morgan fingerprint density at radius 2 is 2.13 bits per heavy atom. The molecular formula is C16H19N5O2. The Bertz CT molecular complexity index is 744. The zero-order chi connectivity index (χ0) is 16.0. The summed E-state index contributed by atoms with van der Waals surface area (Å²) >= 11 is 0. The number of ether oxygens (including phenoxy) is 1. The molecule has 2 aromatic heterocycles. The highest BCUT2D eigenvalue weighted by Crippen LogP contribution is 2.29. The van der Waals surface area contributed by atoms with Crippen molar-refractivity contribution in [2.24, 2.45) is 7.05 Å². The highest BCUT2D eigenvalue weighted by atomic mass is 16.5. The molecule has 23 heavy (non-hydrogen) atoms. The van der Waals surface area contributed by atoms with Crippen LogP contribution >= 0.6 is 0 Å². The first-order valence-corrected chi connectivity index (χ1v) is 7.71. The van der Waals surface area contributed by atoms with Crippen molar-refractivity contribution in [3.63, 3.8) is 0 Å². The molecule has 7 heteroatoms. The van der Waals surface area contributed by atoms with Gasteiger partial charge in [-0.05, 0) is 12.1 Å². The van der Waals surface area contributed by atoms with E-state index in [-0.39, 0.29) is 18.1 Å². The van der Waals surface area contributed by atoms with E-state index in [1.807, 2.05) is 24.9 Å². The number of aromatic nitrogens is 3. The molecular weight excluding hydrogens is 294 g/mol. The van der Waals surface area contributed by atoms with Crippen molar-refractivity contribution in [3.8, 4) is 5.88 Å². The highest BCUT2D eigenvalue weighted by molar-refractivity contribution is 5.96. The number of pyridine rings is 1. The van der Waals surface area contributed by atoms with Crippen LogP contribution in [-0.2, 0) is 13.6 Å². The van der Waals surface area contributed by atoms with Gasteiger partial charge in [0.15, 0.2) is 0 Å². The fourth-order valence-electron chi connectivity index (χ4n) is 3.33. The van der Waals surface area contributed by atoms with E-state index in [0.717, 1.165) is 25.5 Å². The number of aryl methyl sites for hydroxylation is 1. The van der Waals surface area contributed by atoms with Crippen LogP contribution in [0, 0.1) is 0 Å². The van der Waals surface area contributed by atoms with E-state index in [9.17, 15) is 4.79 Å². The van der Waals surface area contributed by atoms with Gasteiger partial charge in [0.2, 0.25) is 5.88 Å². The molecule has 0 radical (unpaired) electrons. The molecule has 0 aromatic carbocycles. The van der Waals surface area contributed by atoms with E-state index in [1.165, 1.54) is 0 Å². The minimum Gasteiger partial charge on any atom is -0.470 e. The first-order valence-electron chi connectivity index (χ1n) is 7.71. The maximum atomic E-state index is 12.6. The van der Waals surface area contributed by atoms with Crippen LogP contribution < -0.4 is 4.74 Å². The number of likely N-dealkylation sites (N-methyl/N-ethyl adjacent to an activating group) is 1. The lowest BCUT2D eigenvalue weighted by atomic mass is 10.2. The lowest BCUT2D eigenvalue weighted by molar-refractivity contribution is 0.0680. The van der Waals surface area contributed by atoms with E-state index in [4.69, 9.17) is 4.74 Å². The highest BCUT2D eigenvalue weighted by Gasteiger charge is 2.42. The number of hydrogen-bond acceptors (Lipinski definition) is 5. The molecule has 2 aromatic rings. The molecule has 4 heterocycles. The summed E-state index contributed by atoms with van der Waals surface area (Å²) in [4.78, 5) is 25.3. The summed E-state index contributed by atoms with van der Waals surface area (Å²) < 4.78 is 8.07. The molecule has 1 fully saturated rings. The quantitative estimate of drug-likeness (QED) is 0.809. The monoisotopic (exact) mass is 313 g/mol. The summed E-state index contributed by atoms with van der Waals surface area (Å²) in [5, 5.41) is 0. The molecule has 0 saturated carbocycles. The SMILES string of the molecule is CN1C(=O)c2cccnc2OC2CN(Cc3nccn3C)CC21. The minimum atomic E-state index is -0.0691. The van der Waals surface area contributed by atoms with Crippen LogP contribution in [0.15, 0.2) is 30.7 Å². The Hall–Kier alpha value is -2.41. The van der Waals surface area contributed by atoms with Gasteiger partial charge in [-0.25, -0.2) is 9.97 Å². The molecule has 2 aliphatic rings. The van der Waals surface area contributed by atoms with Crippen LogP contribution in [0.25, 0.3) is 0 Å². The summed E-state index contributed by atoms with van der Waals surface area (Å²) in [6.45, 7) is 2.27. The summed E-state index contributed by atoms with van der Waals surface area (Å²) in [7, 11) is 3.83. The Labute approximate surface area is 134 Å². The van der Waals surface area contributed by atoms with Crippen molar-refractivity contribution in [1.29, 1.82) is 0 Å². The number of fused-ring (bicyclic) bond motifs is 2. The van der Waals surface area contributed by atoms with Crippen molar-refractivity contribution < 1.29 is 9.53 Å². The molecule has 120 valence electrons. The smallest absolute Gasteiger partial charge is 0.259 e. The Kier molecular flexibility index (Phi) is 3.30. The van der Waals surface area contributed by atoms with Crippen molar-refractivity contribution >= 4 is 5.91 Å². The largest absolute Gasteiger partial charge is 0.470 e. The lowest BCUT2D eigenvalue weighted by Crippen LogP contribution is -2.44. The second-order valence-electron chi connectivity index (χ2n) is 6.14. The average molecular weight is 313 g/mol. The van der Waals surface area contributed by atoms with Gasteiger partial charge in [0.1, 0.15) is 17.5 Å². The predicted molar refractivity (Wildman–Crippen MR) is 83.0 cm³/mol. The standard InChI is InChI=1S/C16H19N5O2/c1-19-7-6-17-14(19)10-21-8-12-13(9-21)23-15-11(4-3-5-18-15)16(22)20(12)2/h3-7,12-13H,8-10H2,1-2H3. The van der Waals surface area contributed by atoms with Gasteiger partial charge in [-0.15, -0.1) is 0 Å². The van der Waals surface area contributed by atoms with Gasteiger partial charge in [0.25, 0.3) is 5.91 Å². The fourth-order valence-corrected chi connectivity index (χ4v) is 3.33. The first kappa shape index (κ1) is 14.2. The summed E-state index contributed by atoms with van der Waals surface area (Å²) in [6.07, 6.45) is 5.33. The number of carbonyl (C=O) groups excluding carboxylic acids is 1. The van der Waals surface area contributed by atoms with Crippen LogP contribution in [0.4, 0.5) is 0 Å². The second kappa shape index (κ2) is 5.34. The van der Waals surface area contributed by atoms with Gasteiger partial charge < -0.3 is 14.2 Å².